The van der Waals surface area contributed by atoms with Crippen molar-refractivity contribution in [3.8, 4) is 0 Å². The van der Waals surface area contributed by atoms with Crippen molar-refractivity contribution >= 4 is 17.7 Å². The molecule has 2 unspecified atom stereocenters. The zero-order valence-corrected chi connectivity index (χ0v) is 15.5. The number of primary amides is 1. The summed E-state index contributed by atoms with van der Waals surface area (Å²) in [6, 6.07) is 10.3. The second-order valence-corrected chi connectivity index (χ2v) is 7.27. The van der Waals surface area contributed by atoms with Gasteiger partial charge in [0, 0.05) is 0 Å². The van der Waals surface area contributed by atoms with Gasteiger partial charge in [-0.25, -0.2) is 0 Å². The van der Waals surface area contributed by atoms with Crippen LogP contribution in [0.25, 0.3) is 0 Å². The zero-order chi connectivity index (χ0) is 17.7. The van der Waals surface area contributed by atoms with E-state index in [-0.39, 0.29) is 17.2 Å². The van der Waals surface area contributed by atoms with Gasteiger partial charge in [0.1, 0.15) is 0 Å². The zero-order valence-electron chi connectivity index (χ0n) is 14.6. The summed E-state index contributed by atoms with van der Waals surface area (Å²) in [5.41, 5.74) is 6.57. The van der Waals surface area contributed by atoms with Crippen molar-refractivity contribution in [1.82, 2.24) is 19.7 Å². The maximum atomic E-state index is 11.4. The molecule has 0 aliphatic rings. The third kappa shape index (κ3) is 4.36. The normalized spacial score (nSPS) is 13.9. The number of amides is 1. The van der Waals surface area contributed by atoms with Crippen LogP contribution in [-0.4, -0.2) is 44.9 Å². The Morgan fingerprint density at radius 3 is 2.50 bits per heavy atom. The van der Waals surface area contributed by atoms with Crippen LogP contribution in [-0.2, 0) is 11.3 Å². The van der Waals surface area contributed by atoms with Crippen LogP contribution in [0, 0.1) is 0 Å². The molecule has 0 aliphatic carbocycles. The first-order chi connectivity index (χ1) is 11.4. The van der Waals surface area contributed by atoms with Crippen molar-refractivity contribution in [2.24, 2.45) is 5.73 Å². The number of carbonyl (C=O) groups is 1. The first-order valence-corrected chi connectivity index (χ1v) is 8.91. The highest BCUT2D eigenvalue weighted by Crippen LogP contribution is 2.28. The minimum absolute atomic E-state index is 0.166. The summed E-state index contributed by atoms with van der Waals surface area (Å²) in [5, 5.41) is 9.11. The van der Waals surface area contributed by atoms with Gasteiger partial charge in [0.25, 0.3) is 0 Å². The third-order valence-electron chi connectivity index (χ3n) is 3.92. The molecule has 1 aromatic heterocycles. The van der Waals surface area contributed by atoms with Gasteiger partial charge in [-0.05, 0) is 33.0 Å². The van der Waals surface area contributed by atoms with E-state index < -0.39 is 0 Å². The maximum Gasteiger partial charge on any atom is 0.230 e. The predicted molar refractivity (Wildman–Crippen MR) is 96.8 cm³/mol. The average molecular weight is 347 g/mol. The smallest absolute Gasteiger partial charge is 0.230 e. The molecule has 2 atom stereocenters. The van der Waals surface area contributed by atoms with Gasteiger partial charge >= 0.3 is 0 Å². The Bertz CT molecular complexity index is 671. The number of benzene rings is 1. The minimum atomic E-state index is -0.351. The van der Waals surface area contributed by atoms with Crippen LogP contribution in [0.2, 0.25) is 0 Å². The SMILES string of the molecule is CCC(c1nnc(SC(C)C(N)=O)n1Cc1ccccc1)N(C)C. The molecule has 0 radical (unpaired) electrons. The molecule has 6 nitrogen and oxygen atoms in total. The summed E-state index contributed by atoms with van der Waals surface area (Å²) in [6.07, 6.45) is 0.927. The van der Waals surface area contributed by atoms with Gasteiger partial charge in [-0.2, -0.15) is 0 Å². The highest BCUT2D eigenvalue weighted by molar-refractivity contribution is 8.00. The molecule has 0 fully saturated rings. The van der Waals surface area contributed by atoms with Crippen molar-refractivity contribution in [2.45, 2.75) is 43.3 Å². The van der Waals surface area contributed by atoms with Crippen LogP contribution in [0.3, 0.4) is 0 Å². The molecule has 24 heavy (non-hydrogen) atoms. The molecule has 1 aromatic carbocycles. The van der Waals surface area contributed by atoms with E-state index in [1.807, 2.05) is 32.3 Å². The van der Waals surface area contributed by atoms with E-state index in [2.05, 4.69) is 38.7 Å². The monoisotopic (exact) mass is 347 g/mol. The van der Waals surface area contributed by atoms with Gasteiger partial charge in [0.15, 0.2) is 11.0 Å². The maximum absolute atomic E-state index is 11.4. The van der Waals surface area contributed by atoms with Gasteiger partial charge < -0.3 is 10.3 Å². The first kappa shape index (κ1) is 18.5. The number of nitrogens with zero attached hydrogens (tertiary/aromatic N) is 4. The Kier molecular flexibility index (Phi) is 6.39. The van der Waals surface area contributed by atoms with E-state index in [0.29, 0.717) is 6.54 Å². The summed E-state index contributed by atoms with van der Waals surface area (Å²) >= 11 is 1.35. The first-order valence-electron chi connectivity index (χ1n) is 8.03. The minimum Gasteiger partial charge on any atom is -0.369 e. The predicted octanol–water partition coefficient (Wildman–Crippen LogP) is 2.31. The second-order valence-electron chi connectivity index (χ2n) is 5.96. The molecule has 2 rings (SSSR count). The van der Waals surface area contributed by atoms with E-state index >= 15 is 0 Å². The van der Waals surface area contributed by atoms with Crippen LogP contribution in [0.1, 0.15) is 37.7 Å². The summed E-state index contributed by atoms with van der Waals surface area (Å²) in [6.45, 7) is 4.59. The molecule has 0 saturated carbocycles. The summed E-state index contributed by atoms with van der Waals surface area (Å²) in [5.74, 6) is 0.556. The summed E-state index contributed by atoms with van der Waals surface area (Å²) in [7, 11) is 4.07. The molecule has 0 bridgehead atoms. The highest BCUT2D eigenvalue weighted by atomic mass is 32.2. The van der Waals surface area contributed by atoms with Crippen molar-refractivity contribution in [1.29, 1.82) is 0 Å². The lowest BCUT2D eigenvalue weighted by molar-refractivity contribution is -0.117. The Hall–Kier alpha value is -1.86. The van der Waals surface area contributed by atoms with Crippen molar-refractivity contribution in [3.05, 3.63) is 41.7 Å². The largest absolute Gasteiger partial charge is 0.369 e. The lowest BCUT2D eigenvalue weighted by Crippen LogP contribution is -2.25. The Labute approximate surface area is 147 Å². The molecule has 2 aromatic rings. The molecule has 2 N–H and O–H groups in total. The number of thioether (sulfide) groups is 1. The highest BCUT2D eigenvalue weighted by Gasteiger charge is 2.24. The number of hydrogen-bond donors (Lipinski definition) is 1. The Morgan fingerprint density at radius 1 is 1.29 bits per heavy atom. The molecule has 0 saturated heterocycles. The van der Waals surface area contributed by atoms with Gasteiger partial charge in [0.2, 0.25) is 5.91 Å². The number of nitrogens with two attached hydrogens (primary N) is 1. The summed E-state index contributed by atoms with van der Waals surface area (Å²) in [4.78, 5) is 13.6. The molecular formula is C17H25N5OS. The molecule has 130 valence electrons. The van der Waals surface area contributed by atoms with Crippen LogP contribution < -0.4 is 5.73 Å². The third-order valence-corrected chi connectivity index (χ3v) is 5.02. The number of aromatic nitrogens is 3. The van der Waals surface area contributed by atoms with Crippen LogP contribution in [0.15, 0.2) is 35.5 Å². The van der Waals surface area contributed by atoms with E-state index in [9.17, 15) is 4.79 Å². The van der Waals surface area contributed by atoms with Gasteiger partial charge in [-0.15, -0.1) is 10.2 Å². The lowest BCUT2D eigenvalue weighted by atomic mass is 10.2. The fraction of sp³-hybridized carbons (Fsp3) is 0.471. The topological polar surface area (TPSA) is 77.0 Å². The summed E-state index contributed by atoms with van der Waals surface area (Å²) < 4.78 is 2.09. The van der Waals surface area contributed by atoms with Gasteiger partial charge in [-0.3, -0.25) is 9.69 Å². The van der Waals surface area contributed by atoms with E-state index in [0.717, 1.165) is 17.4 Å². The fourth-order valence-electron chi connectivity index (χ4n) is 2.54. The Morgan fingerprint density at radius 2 is 1.96 bits per heavy atom. The van der Waals surface area contributed by atoms with E-state index in [1.165, 1.54) is 17.3 Å². The van der Waals surface area contributed by atoms with Crippen LogP contribution >= 0.6 is 11.8 Å². The van der Waals surface area contributed by atoms with Crippen LogP contribution in [0.5, 0.6) is 0 Å². The number of carbonyl (C=O) groups excluding carboxylic acids is 1. The Balaban J connectivity index is 2.40. The lowest BCUT2D eigenvalue weighted by Gasteiger charge is -2.23. The van der Waals surface area contributed by atoms with Crippen molar-refractivity contribution < 1.29 is 4.79 Å². The molecule has 0 aliphatic heterocycles. The molecular weight excluding hydrogens is 322 g/mol. The number of hydrogen-bond acceptors (Lipinski definition) is 5. The number of rotatable bonds is 8. The van der Waals surface area contributed by atoms with Gasteiger partial charge in [0.05, 0.1) is 17.8 Å². The fourth-order valence-corrected chi connectivity index (χ4v) is 3.35. The average Bonchev–Trinajstić information content (AvgIpc) is 2.91. The van der Waals surface area contributed by atoms with Gasteiger partial charge in [-0.1, -0.05) is 49.0 Å². The molecule has 1 amide bonds. The molecule has 1 heterocycles. The molecule has 7 heteroatoms. The standard InChI is InChI=1S/C17H25N5OS/c1-5-14(21(3)4)16-19-20-17(24-12(2)15(18)23)22(16)11-13-9-7-6-8-10-13/h6-10,12,14H,5,11H2,1-4H3,(H2,18,23). The molecule has 0 spiro atoms. The van der Waals surface area contributed by atoms with Crippen molar-refractivity contribution in [2.75, 3.05) is 14.1 Å². The van der Waals surface area contributed by atoms with Crippen molar-refractivity contribution in [3.63, 3.8) is 0 Å². The van der Waals surface area contributed by atoms with E-state index in [1.54, 1.807) is 6.92 Å². The van der Waals surface area contributed by atoms with Crippen LogP contribution in [0.4, 0.5) is 0 Å². The quantitative estimate of drug-likeness (QED) is 0.742. The second kappa shape index (κ2) is 8.30. The van der Waals surface area contributed by atoms with E-state index in [4.69, 9.17) is 5.73 Å².